The largest absolute Gasteiger partial charge is 0.357 e. The highest BCUT2D eigenvalue weighted by Gasteiger charge is 2.25. The molecule has 0 aromatic carbocycles. The molecule has 3 heterocycles. The SMILES string of the molecule is Cc1csc(SCC(=O)N2CCN(C(=O)c3ccc[nH]3)CC2)n1. The molecule has 0 aliphatic carbocycles. The van der Waals surface area contributed by atoms with E-state index < -0.39 is 0 Å². The van der Waals surface area contributed by atoms with Gasteiger partial charge >= 0.3 is 0 Å². The summed E-state index contributed by atoms with van der Waals surface area (Å²) in [5, 5.41) is 1.98. The average Bonchev–Trinajstić information content (AvgIpc) is 3.24. The average molecular weight is 350 g/mol. The third-order valence-corrected chi connectivity index (χ3v) is 5.79. The van der Waals surface area contributed by atoms with E-state index >= 15 is 0 Å². The summed E-state index contributed by atoms with van der Waals surface area (Å²) in [4.78, 5) is 35.4. The van der Waals surface area contributed by atoms with Crippen LogP contribution in [0.15, 0.2) is 28.0 Å². The van der Waals surface area contributed by atoms with Crippen LogP contribution in [0.4, 0.5) is 0 Å². The molecule has 1 aliphatic heterocycles. The molecule has 122 valence electrons. The fourth-order valence-electron chi connectivity index (χ4n) is 2.41. The molecule has 3 rings (SSSR count). The van der Waals surface area contributed by atoms with E-state index in [0.717, 1.165) is 10.0 Å². The van der Waals surface area contributed by atoms with Crippen LogP contribution in [0.5, 0.6) is 0 Å². The number of carbonyl (C=O) groups is 2. The van der Waals surface area contributed by atoms with Gasteiger partial charge in [0.15, 0.2) is 4.34 Å². The number of thiazole rings is 1. The maximum atomic E-state index is 12.3. The molecule has 0 unspecified atom stereocenters. The summed E-state index contributed by atoms with van der Waals surface area (Å²) in [6, 6.07) is 3.58. The highest BCUT2D eigenvalue weighted by Crippen LogP contribution is 2.22. The van der Waals surface area contributed by atoms with E-state index in [9.17, 15) is 9.59 Å². The minimum atomic E-state index is -0.00488. The van der Waals surface area contributed by atoms with Crippen LogP contribution in [0.2, 0.25) is 0 Å². The molecule has 0 atom stereocenters. The fourth-order valence-corrected chi connectivity index (χ4v) is 4.16. The Bertz CT molecular complexity index is 675. The molecule has 2 aromatic heterocycles. The number of thioether (sulfide) groups is 1. The summed E-state index contributed by atoms with van der Waals surface area (Å²) in [5.74, 6) is 0.502. The van der Waals surface area contributed by atoms with Gasteiger partial charge in [0.25, 0.3) is 5.91 Å². The Morgan fingerprint density at radius 1 is 1.30 bits per heavy atom. The molecule has 1 saturated heterocycles. The van der Waals surface area contributed by atoms with Crippen molar-refractivity contribution in [3.63, 3.8) is 0 Å². The fraction of sp³-hybridized carbons (Fsp3) is 0.400. The Kier molecular flexibility index (Phi) is 5.02. The normalized spacial score (nSPS) is 15.0. The number of nitrogens with one attached hydrogen (secondary N) is 1. The van der Waals surface area contributed by atoms with Crippen LogP contribution in [0.3, 0.4) is 0 Å². The molecule has 1 aliphatic rings. The van der Waals surface area contributed by atoms with Crippen molar-refractivity contribution in [2.75, 3.05) is 31.9 Å². The van der Waals surface area contributed by atoms with Gasteiger partial charge < -0.3 is 14.8 Å². The van der Waals surface area contributed by atoms with Crippen molar-refractivity contribution in [1.82, 2.24) is 19.8 Å². The van der Waals surface area contributed by atoms with Gasteiger partial charge in [0, 0.05) is 43.4 Å². The molecule has 0 radical (unpaired) electrons. The van der Waals surface area contributed by atoms with E-state index in [2.05, 4.69) is 9.97 Å². The lowest BCUT2D eigenvalue weighted by molar-refractivity contribution is -0.129. The quantitative estimate of drug-likeness (QED) is 0.855. The van der Waals surface area contributed by atoms with Crippen molar-refractivity contribution in [2.45, 2.75) is 11.3 Å². The first kappa shape index (κ1) is 16.1. The zero-order valence-electron chi connectivity index (χ0n) is 12.8. The summed E-state index contributed by atoms with van der Waals surface area (Å²) >= 11 is 3.04. The van der Waals surface area contributed by atoms with Crippen molar-refractivity contribution in [3.8, 4) is 0 Å². The molecule has 1 N–H and O–H groups in total. The van der Waals surface area contributed by atoms with Crippen LogP contribution < -0.4 is 0 Å². The molecule has 2 aromatic rings. The van der Waals surface area contributed by atoms with Gasteiger partial charge in [0.05, 0.1) is 5.75 Å². The summed E-state index contributed by atoms with van der Waals surface area (Å²) < 4.78 is 0.927. The Morgan fingerprint density at radius 3 is 2.65 bits per heavy atom. The number of carbonyl (C=O) groups excluding carboxylic acids is 2. The summed E-state index contributed by atoms with van der Waals surface area (Å²) in [7, 11) is 0. The molecule has 0 bridgehead atoms. The molecule has 2 amide bonds. The second-order valence-corrected chi connectivity index (χ2v) is 7.38. The molecule has 23 heavy (non-hydrogen) atoms. The Balaban J connectivity index is 1.46. The summed E-state index contributed by atoms with van der Waals surface area (Å²) in [5.41, 5.74) is 1.58. The Labute approximate surface area is 142 Å². The number of rotatable bonds is 4. The maximum absolute atomic E-state index is 12.3. The van der Waals surface area contributed by atoms with Gasteiger partial charge in [-0.05, 0) is 19.1 Å². The van der Waals surface area contributed by atoms with Crippen LogP contribution in [-0.4, -0.2) is 63.5 Å². The second kappa shape index (κ2) is 7.18. The van der Waals surface area contributed by atoms with Crippen molar-refractivity contribution in [2.24, 2.45) is 0 Å². The smallest absolute Gasteiger partial charge is 0.270 e. The van der Waals surface area contributed by atoms with Gasteiger partial charge in [-0.25, -0.2) is 4.98 Å². The monoisotopic (exact) mass is 350 g/mol. The number of amides is 2. The van der Waals surface area contributed by atoms with E-state index in [1.54, 1.807) is 28.5 Å². The molecule has 0 saturated carbocycles. The number of aromatic nitrogens is 2. The predicted molar refractivity (Wildman–Crippen MR) is 90.9 cm³/mol. The number of piperazine rings is 1. The van der Waals surface area contributed by atoms with Crippen molar-refractivity contribution >= 4 is 34.9 Å². The molecule has 1 fully saturated rings. The lowest BCUT2D eigenvalue weighted by Crippen LogP contribution is -2.51. The first-order valence-corrected chi connectivity index (χ1v) is 9.25. The number of hydrogen-bond donors (Lipinski definition) is 1. The minimum Gasteiger partial charge on any atom is -0.357 e. The zero-order chi connectivity index (χ0) is 16.2. The Morgan fingerprint density at radius 2 is 2.04 bits per heavy atom. The van der Waals surface area contributed by atoms with Gasteiger partial charge in [-0.2, -0.15) is 0 Å². The third kappa shape index (κ3) is 3.94. The summed E-state index contributed by atoms with van der Waals surface area (Å²) in [6.07, 6.45) is 1.74. The second-order valence-electron chi connectivity index (χ2n) is 5.30. The highest BCUT2D eigenvalue weighted by molar-refractivity contribution is 8.01. The van der Waals surface area contributed by atoms with Crippen LogP contribution in [0.25, 0.3) is 0 Å². The lowest BCUT2D eigenvalue weighted by atomic mass is 10.3. The standard InChI is InChI=1S/C15H18N4O2S2/c1-11-9-22-15(17-11)23-10-13(20)18-5-7-19(8-6-18)14(21)12-3-2-4-16-12/h2-4,9,16H,5-8,10H2,1H3. The van der Waals surface area contributed by atoms with Crippen LogP contribution in [-0.2, 0) is 4.79 Å². The topological polar surface area (TPSA) is 69.3 Å². The zero-order valence-corrected chi connectivity index (χ0v) is 14.5. The highest BCUT2D eigenvalue weighted by atomic mass is 32.2. The van der Waals surface area contributed by atoms with E-state index in [4.69, 9.17) is 0 Å². The van der Waals surface area contributed by atoms with E-state index in [0.29, 0.717) is 37.6 Å². The molecular formula is C15H18N4O2S2. The van der Waals surface area contributed by atoms with Gasteiger partial charge in [-0.3, -0.25) is 9.59 Å². The molecule has 8 heteroatoms. The van der Waals surface area contributed by atoms with Gasteiger partial charge in [-0.15, -0.1) is 11.3 Å². The van der Waals surface area contributed by atoms with Crippen molar-refractivity contribution < 1.29 is 9.59 Å². The number of H-pyrrole nitrogens is 1. The number of aryl methyl sites for hydroxylation is 1. The first-order valence-electron chi connectivity index (χ1n) is 7.39. The number of nitrogens with zero attached hydrogens (tertiary/aromatic N) is 3. The van der Waals surface area contributed by atoms with Crippen LogP contribution in [0.1, 0.15) is 16.2 Å². The molecule has 6 nitrogen and oxygen atoms in total. The Hall–Kier alpha value is -1.80. The molecular weight excluding hydrogens is 332 g/mol. The number of aromatic amines is 1. The van der Waals surface area contributed by atoms with Gasteiger partial charge in [-0.1, -0.05) is 11.8 Å². The predicted octanol–water partition coefficient (Wildman–Crippen LogP) is 1.86. The van der Waals surface area contributed by atoms with Crippen LogP contribution >= 0.6 is 23.1 Å². The third-order valence-electron chi connectivity index (χ3n) is 3.67. The summed E-state index contributed by atoms with van der Waals surface area (Å²) in [6.45, 7) is 4.27. The first-order chi connectivity index (χ1) is 11.1. The van der Waals surface area contributed by atoms with Gasteiger partial charge in [0.1, 0.15) is 5.69 Å². The lowest BCUT2D eigenvalue weighted by Gasteiger charge is -2.34. The van der Waals surface area contributed by atoms with E-state index in [1.165, 1.54) is 11.8 Å². The molecule has 0 spiro atoms. The maximum Gasteiger partial charge on any atom is 0.270 e. The van der Waals surface area contributed by atoms with Crippen molar-refractivity contribution in [3.05, 3.63) is 35.1 Å². The number of hydrogen-bond acceptors (Lipinski definition) is 5. The van der Waals surface area contributed by atoms with E-state index in [-0.39, 0.29) is 11.8 Å². The van der Waals surface area contributed by atoms with Gasteiger partial charge in [0.2, 0.25) is 5.91 Å². The van der Waals surface area contributed by atoms with E-state index in [1.807, 2.05) is 23.3 Å². The minimum absolute atomic E-state index is 0.00488. The van der Waals surface area contributed by atoms with Crippen molar-refractivity contribution in [1.29, 1.82) is 0 Å². The van der Waals surface area contributed by atoms with Crippen LogP contribution in [0, 0.1) is 6.92 Å².